The Morgan fingerprint density at radius 3 is 2.85 bits per heavy atom. The Balaban J connectivity index is 2.15. The van der Waals surface area contributed by atoms with Crippen molar-refractivity contribution < 1.29 is 14.7 Å². The molecule has 2 rings (SSSR count). The monoisotopic (exact) mass is 279 g/mol. The molecule has 0 aliphatic heterocycles. The van der Waals surface area contributed by atoms with E-state index in [9.17, 15) is 14.7 Å². The van der Waals surface area contributed by atoms with Crippen LogP contribution in [0.15, 0.2) is 6.07 Å². The molecule has 1 amide bonds. The molecule has 1 aromatic rings. The molecule has 0 saturated heterocycles. The number of hydrogen-bond donors (Lipinski definition) is 2. The summed E-state index contributed by atoms with van der Waals surface area (Å²) in [6, 6.07) is 1.43. The Hall–Kier alpha value is -1.85. The fourth-order valence-corrected chi connectivity index (χ4v) is 2.80. The van der Waals surface area contributed by atoms with Crippen LogP contribution in [0.25, 0.3) is 0 Å². The van der Waals surface area contributed by atoms with Crippen molar-refractivity contribution in [2.24, 2.45) is 12.5 Å². The van der Waals surface area contributed by atoms with Crippen LogP contribution in [0.5, 0.6) is 0 Å². The van der Waals surface area contributed by atoms with E-state index in [1.54, 1.807) is 24.7 Å². The number of carboxylic acid groups (broad SMARTS) is 1. The molecule has 6 nitrogen and oxygen atoms in total. The van der Waals surface area contributed by atoms with Crippen molar-refractivity contribution in [1.29, 1.82) is 0 Å². The predicted molar refractivity (Wildman–Crippen MR) is 73.4 cm³/mol. The first-order chi connectivity index (χ1) is 9.38. The van der Waals surface area contributed by atoms with Crippen LogP contribution in [0, 0.1) is 5.41 Å². The Morgan fingerprint density at radius 2 is 2.30 bits per heavy atom. The number of carboxylic acids is 1. The van der Waals surface area contributed by atoms with Crippen LogP contribution < -0.4 is 5.32 Å². The molecule has 1 fully saturated rings. The van der Waals surface area contributed by atoms with Gasteiger partial charge in [-0.2, -0.15) is 5.10 Å². The molecule has 1 heterocycles. The highest BCUT2D eigenvalue weighted by Crippen LogP contribution is 2.38. The molecular formula is C14H21N3O3. The molecule has 1 saturated carbocycles. The second-order valence-corrected chi connectivity index (χ2v) is 5.64. The van der Waals surface area contributed by atoms with E-state index in [0.717, 1.165) is 18.5 Å². The molecule has 2 unspecified atom stereocenters. The van der Waals surface area contributed by atoms with E-state index < -0.39 is 11.4 Å². The third-order valence-electron chi connectivity index (χ3n) is 4.28. The van der Waals surface area contributed by atoms with Crippen LogP contribution in [0.3, 0.4) is 0 Å². The second-order valence-electron chi connectivity index (χ2n) is 5.64. The highest BCUT2D eigenvalue weighted by molar-refractivity contribution is 5.93. The van der Waals surface area contributed by atoms with Crippen molar-refractivity contribution in [2.75, 3.05) is 0 Å². The van der Waals surface area contributed by atoms with E-state index in [4.69, 9.17) is 0 Å². The van der Waals surface area contributed by atoms with Gasteiger partial charge in [0, 0.05) is 13.1 Å². The summed E-state index contributed by atoms with van der Waals surface area (Å²) in [5, 5.41) is 16.5. The maximum Gasteiger partial charge on any atom is 0.311 e. The molecule has 0 bridgehead atoms. The van der Waals surface area contributed by atoms with Gasteiger partial charge >= 0.3 is 5.97 Å². The smallest absolute Gasteiger partial charge is 0.311 e. The lowest BCUT2D eigenvalue weighted by molar-refractivity contribution is -0.148. The van der Waals surface area contributed by atoms with Gasteiger partial charge in [-0.25, -0.2) is 0 Å². The average molecular weight is 279 g/mol. The number of aromatic nitrogens is 2. The van der Waals surface area contributed by atoms with E-state index in [-0.39, 0.29) is 11.9 Å². The minimum Gasteiger partial charge on any atom is -0.481 e. The van der Waals surface area contributed by atoms with Crippen LogP contribution in [0.1, 0.15) is 49.3 Å². The average Bonchev–Trinajstić information content (AvgIpc) is 2.94. The summed E-state index contributed by atoms with van der Waals surface area (Å²) in [6.07, 6.45) is 2.88. The molecule has 2 N–H and O–H groups in total. The maximum absolute atomic E-state index is 12.3. The topological polar surface area (TPSA) is 84.2 Å². The van der Waals surface area contributed by atoms with Gasteiger partial charge in [0.15, 0.2) is 0 Å². The first kappa shape index (κ1) is 14.6. The minimum atomic E-state index is -0.873. The van der Waals surface area contributed by atoms with Gasteiger partial charge < -0.3 is 10.4 Å². The van der Waals surface area contributed by atoms with Gasteiger partial charge in [0.25, 0.3) is 5.91 Å². The molecule has 0 radical (unpaired) electrons. The minimum absolute atomic E-state index is 0.251. The SMILES string of the molecule is CCc1cc(C(=O)NC2CCCC2(C)C(=O)O)n(C)n1. The largest absolute Gasteiger partial charge is 0.481 e. The molecule has 1 aliphatic carbocycles. The lowest BCUT2D eigenvalue weighted by Crippen LogP contribution is -2.47. The number of rotatable bonds is 4. The molecule has 110 valence electrons. The second kappa shape index (κ2) is 5.26. The van der Waals surface area contributed by atoms with Crippen LogP contribution in [0.4, 0.5) is 0 Å². The standard InChI is InChI=1S/C14H21N3O3/c1-4-9-8-10(17(3)16-9)12(18)15-11-6-5-7-14(11,2)13(19)20/h8,11H,4-7H2,1-3H3,(H,15,18)(H,19,20). The number of nitrogens with one attached hydrogen (secondary N) is 1. The Kier molecular flexibility index (Phi) is 3.83. The first-order valence-electron chi connectivity index (χ1n) is 6.95. The fourth-order valence-electron chi connectivity index (χ4n) is 2.80. The normalized spacial score (nSPS) is 25.6. The van der Waals surface area contributed by atoms with Crippen molar-refractivity contribution in [3.63, 3.8) is 0 Å². The summed E-state index contributed by atoms with van der Waals surface area (Å²) in [5.74, 6) is -1.10. The molecule has 2 atom stereocenters. The van der Waals surface area contributed by atoms with E-state index in [2.05, 4.69) is 10.4 Å². The summed E-state index contributed by atoms with van der Waals surface area (Å²) in [7, 11) is 1.72. The zero-order chi connectivity index (χ0) is 14.9. The number of carbonyl (C=O) groups excluding carboxylic acids is 1. The Bertz CT molecular complexity index is 538. The quantitative estimate of drug-likeness (QED) is 0.871. The number of nitrogens with zero attached hydrogens (tertiary/aromatic N) is 2. The van der Waals surface area contributed by atoms with Gasteiger partial charge in [-0.05, 0) is 32.3 Å². The van der Waals surface area contributed by atoms with Crippen molar-refractivity contribution in [3.8, 4) is 0 Å². The fraction of sp³-hybridized carbons (Fsp3) is 0.643. The third kappa shape index (κ3) is 2.42. The molecule has 1 aromatic heterocycles. The van der Waals surface area contributed by atoms with Gasteiger partial charge in [-0.3, -0.25) is 14.3 Å². The molecule has 6 heteroatoms. The Morgan fingerprint density at radius 1 is 1.60 bits per heavy atom. The number of aryl methyl sites for hydroxylation is 2. The lowest BCUT2D eigenvalue weighted by atomic mass is 9.85. The number of carbonyl (C=O) groups is 2. The summed E-state index contributed by atoms with van der Waals surface area (Å²) in [4.78, 5) is 23.7. The van der Waals surface area contributed by atoms with Crippen molar-refractivity contribution in [3.05, 3.63) is 17.5 Å². The number of aliphatic carboxylic acids is 1. The van der Waals surface area contributed by atoms with E-state index in [1.165, 1.54) is 0 Å². The van der Waals surface area contributed by atoms with Crippen molar-refractivity contribution in [1.82, 2.24) is 15.1 Å². The van der Waals surface area contributed by atoms with Gasteiger partial charge in [-0.1, -0.05) is 13.3 Å². The first-order valence-corrected chi connectivity index (χ1v) is 6.95. The zero-order valence-electron chi connectivity index (χ0n) is 12.1. The lowest BCUT2D eigenvalue weighted by Gasteiger charge is -2.27. The highest BCUT2D eigenvalue weighted by atomic mass is 16.4. The van der Waals surface area contributed by atoms with Gasteiger partial charge in [0.2, 0.25) is 0 Å². The Labute approximate surface area is 118 Å². The summed E-state index contributed by atoms with van der Waals surface area (Å²) >= 11 is 0. The van der Waals surface area contributed by atoms with Crippen LogP contribution >= 0.6 is 0 Å². The van der Waals surface area contributed by atoms with Gasteiger partial charge in [0.05, 0.1) is 11.1 Å². The van der Waals surface area contributed by atoms with Gasteiger partial charge in [0.1, 0.15) is 5.69 Å². The molecule has 20 heavy (non-hydrogen) atoms. The maximum atomic E-state index is 12.3. The number of amides is 1. The van der Waals surface area contributed by atoms with E-state index in [1.807, 2.05) is 6.92 Å². The van der Waals surface area contributed by atoms with Crippen LogP contribution in [-0.4, -0.2) is 32.8 Å². The summed E-state index contributed by atoms with van der Waals surface area (Å²) < 4.78 is 1.54. The highest BCUT2D eigenvalue weighted by Gasteiger charge is 2.46. The number of hydrogen-bond acceptors (Lipinski definition) is 3. The summed E-state index contributed by atoms with van der Waals surface area (Å²) in [5.41, 5.74) is 0.452. The van der Waals surface area contributed by atoms with Crippen molar-refractivity contribution >= 4 is 11.9 Å². The molecule has 1 aliphatic rings. The van der Waals surface area contributed by atoms with Crippen LogP contribution in [-0.2, 0) is 18.3 Å². The molecule has 0 spiro atoms. The molecule has 0 aromatic carbocycles. The van der Waals surface area contributed by atoms with Crippen LogP contribution in [0.2, 0.25) is 0 Å². The van der Waals surface area contributed by atoms with E-state index in [0.29, 0.717) is 18.5 Å². The predicted octanol–water partition coefficient (Wildman–Crippen LogP) is 1.36. The van der Waals surface area contributed by atoms with Gasteiger partial charge in [-0.15, -0.1) is 0 Å². The third-order valence-corrected chi connectivity index (χ3v) is 4.28. The van der Waals surface area contributed by atoms with Crippen molar-refractivity contribution in [2.45, 2.75) is 45.6 Å². The molecular weight excluding hydrogens is 258 g/mol. The summed E-state index contributed by atoms with van der Waals surface area (Å²) in [6.45, 7) is 3.68. The van der Waals surface area contributed by atoms with E-state index >= 15 is 0 Å². The zero-order valence-corrected chi connectivity index (χ0v) is 12.1.